The van der Waals surface area contributed by atoms with Gasteiger partial charge in [0.1, 0.15) is 5.82 Å². The van der Waals surface area contributed by atoms with Crippen LogP contribution in [0.2, 0.25) is 10.0 Å². The molecule has 2 rings (SSSR count). The van der Waals surface area contributed by atoms with Gasteiger partial charge >= 0.3 is 0 Å². The van der Waals surface area contributed by atoms with Gasteiger partial charge in [-0.1, -0.05) is 28.4 Å². The minimum atomic E-state index is -0.611. The summed E-state index contributed by atoms with van der Waals surface area (Å²) in [6, 6.07) is 2.62. The van der Waals surface area contributed by atoms with Gasteiger partial charge in [-0.25, -0.2) is 4.39 Å². The van der Waals surface area contributed by atoms with Crippen molar-refractivity contribution in [3.8, 4) is 11.1 Å². The fraction of sp³-hybridized carbons (Fsp3) is 0. The first-order chi connectivity index (χ1) is 7.09. The molecule has 2 N–H and O–H groups in total. The van der Waals surface area contributed by atoms with Gasteiger partial charge in [-0.3, -0.25) is 0 Å². The van der Waals surface area contributed by atoms with Crippen LogP contribution < -0.4 is 5.73 Å². The third kappa shape index (κ3) is 1.78. The summed E-state index contributed by atoms with van der Waals surface area (Å²) in [7, 11) is 0. The second-order valence-corrected chi connectivity index (χ2v) is 3.67. The van der Waals surface area contributed by atoms with Crippen LogP contribution in [0.3, 0.4) is 0 Å². The molecule has 0 radical (unpaired) electrons. The monoisotopic (exact) mass is 246 g/mol. The number of anilines is 1. The fourth-order valence-electron chi connectivity index (χ4n) is 1.20. The second-order valence-electron chi connectivity index (χ2n) is 2.85. The van der Waals surface area contributed by atoms with Crippen molar-refractivity contribution < 1.29 is 8.91 Å². The Bertz CT molecular complexity index is 513. The highest BCUT2D eigenvalue weighted by molar-refractivity contribution is 6.35. The highest BCUT2D eigenvalue weighted by Gasteiger charge is 2.14. The lowest BCUT2D eigenvalue weighted by molar-refractivity contribution is 0.436. The molecule has 0 atom stereocenters. The number of hydrogen-bond acceptors (Lipinski definition) is 3. The van der Waals surface area contributed by atoms with Crippen molar-refractivity contribution in [2.45, 2.75) is 0 Å². The van der Waals surface area contributed by atoms with E-state index < -0.39 is 5.82 Å². The summed E-state index contributed by atoms with van der Waals surface area (Å²) in [6.45, 7) is 0. The lowest BCUT2D eigenvalue weighted by atomic mass is 10.1. The van der Waals surface area contributed by atoms with Crippen LogP contribution >= 0.6 is 23.2 Å². The molecule has 3 nitrogen and oxygen atoms in total. The zero-order chi connectivity index (χ0) is 11.0. The van der Waals surface area contributed by atoms with Gasteiger partial charge in [-0.05, 0) is 12.1 Å². The van der Waals surface area contributed by atoms with E-state index in [0.29, 0.717) is 11.1 Å². The molecule has 0 aliphatic carbocycles. The summed E-state index contributed by atoms with van der Waals surface area (Å²) < 4.78 is 17.9. The molecule has 0 spiro atoms. The summed E-state index contributed by atoms with van der Waals surface area (Å²) in [4.78, 5) is 0. The number of halogens is 3. The summed E-state index contributed by atoms with van der Waals surface area (Å²) >= 11 is 11.5. The van der Waals surface area contributed by atoms with E-state index in [2.05, 4.69) is 9.68 Å². The van der Waals surface area contributed by atoms with Crippen LogP contribution in [0.1, 0.15) is 0 Å². The van der Waals surface area contributed by atoms with Crippen LogP contribution in [0.15, 0.2) is 22.9 Å². The van der Waals surface area contributed by atoms with Crippen LogP contribution in [0.25, 0.3) is 11.1 Å². The average molecular weight is 247 g/mol. The maximum Gasteiger partial charge on any atom is 0.230 e. The van der Waals surface area contributed by atoms with Crippen molar-refractivity contribution in [1.82, 2.24) is 5.16 Å². The Morgan fingerprint density at radius 3 is 2.60 bits per heavy atom. The van der Waals surface area contributed by atoms with Crippen LogP contribution in [0, 0.1) is 5.82 Å². The van der Waals surface area contributed by atoms with Gasteiger partial charge in [0.25, 0.3) is 0 Å². The normalized spacial score (nSPS) is 10.6. The summed E-state index contributed by atoms with van der Waals surface area (Å²) in [6.07, 6.45) is 1.35. The largest absolute Gasteiger partial charge is 0.367 e. The van der Waals surface area contributed by atoms with Crippen LogP contribution in [-0.4, -0.2) is 5.16 Å². The molecule has 2 aromatic rings. The molecule has 78 valence electrons. The third-order valence-electron chi connectivity index (χ3n) is 1.88. The van der Waals surface area contributed by atoms with Crippen molar-refractivity contribution in [2.75, 3.05) is 5.73 Å². The maximum absolute atomic E-state index is 13.3. The summed E-state index contributed by atoms with van der Waals surface area (Å²) in [5.74, 6) is -0.543. The van der Waals surface area contributed by atoms with Crippen LogP contribution in [-0.2, 0) is 0 Å². The molecule has 0 aliphatic heterocycles. The second kappa shape index (κ2) is 3.72. The summed E-state index contributed by atoms with van der Waals surface area (Å²) in [5, 5.41) is 3.64. The van der Waals surface area contributed by atoms with E-state index >= 15 is 0 Å². The molecule has 0 amide bonds. The highest BCUT2D eigenvalue weighted by atomic mass is 35.5. The van der Waals surface area contributed by atoms with Crippen LogP contribution in [0.5, 0.6) is 0 Å². The topological polar surface area (TPSA) is 52.0 Å². The first-order valence-electron chi connectivity index (χ1n) is 3.94. The molecule has 0 saturated carbocycles. The van der Waals surface area contributed by atoms with Gasteiger partial charge in [0.15, 0.2) is 0 Å². The van der Waals surface area contributed by atoms with Gasteiger partial charge in [0, 0.05) is 10.6 Å². The zero-order valence-electron chi connectivity index (χ0n) is 7.30. The van der Waals surface area contributed by atoms with Gasteiger partial charge in [-0.15, -0.1) is 0 Å². The Morgan fingerprint density at radius 2 is 2.00 bits per heavy atom. The fourth-order valence-corrected chi connectivity index (χ4v) is 1.62. The van der Waals surface area contributed by atoms with E-state index in [1.165, 1.54) is 12.3 Å². The number of nitrogens with zero attached hydrogens (tertiary/aromatic N) is 1. The van der Waals surface area contributed by atoms with E-state index in [4.69, 9.17) is 28.9 Å². The Morgan fingerprint density at radius 1 is 1.27 bits per heavy atom. The van der Waals surface area contributed by atoms with E-state index in [9.17, 15) is 4.39 Å². The van der Waals surface area contributed by atoms with Gasteiger partial charge in [0.05, 0.1) is 16.8 Å². The SMILES string of the molecule is Nc1oncc1-c1cc(Cl)cc(F)c1Cl. The smallest absolute Gasteiger partial charge is 0.230 e. The lowest BCUT2D eigenvalue weighted by Crippen LogP contribution is -1.88. The quantitative estimate of drug-likeness (QED) is 0.786. The first-order valence-corrected chi connectivity index (χ1v) is 4.70. The van der Waals surface area contributed by atoms with Crippen molar-refractivity contribution >= 4 is 29.1 Å². The van der Waals surface area contributed by atoms with E-state index in [-0.39, 0.29) is 15.9 Å². The maximum atomic E-state index is 13.3. The number of benzene rings is 1. The Labute approximate surface area is 94.6 Å². The standard InChI is InChI=1S/C9H5Cl2FN2O/c10-4-1-5(8(11)7(12)2-4)6-3-14-15-9(6)13/h1-3H,13H2. The number of nitrogens with two attached hydrogens (primary N) is 1. The van der Waals surface area contributed by atoms with E-state index in [1.807, 2.05) is 0 Å². The molecule has 0 fully saturated rings. The molecule has 1 aromatic carbocycles. The summed E-state index contributed by atoms with van der Waals surface area (Å²) in [5.41, 5.74) is 6.27. The molecule has 0 unspecified atom stereocenters. The predicted octanol–water partition coefficient (Wildman–Crippen LogP) is 3.37. The molecule has 0 saturated heterocycles. The Kier molecular flexibility index (Phi) is 2.54. The van der Waals surface area contributed by atoms with Crippen molar-refractivity contribution in [1.29, 1.82) is 0 Å². The van der Waals surface area contributed by atoms with Crippen molar-refractivity contribution in [3.63, 3.8) is 0 Å². The third-order valence-corrected chi connectivity index (χ3v) is 2.48. The molecule has 0 bridgehead atoms. The van der Waals surface area contributed by atoms with Gasteiger partial charge < -0.3 is 10.3 Å². The van der Waals surface area contributed by atoms with Gasteiger partial charge in [-0.2, -0.15) is 0 Å². The molecule has 6 heteroatoms. The minimum Gasteiger partial charge on any atom is -0.367 e. The van der Waals surface area contributed by atoms with Crippen LogP contribution in [0.4, 0.5) is 10.3 Å². The lowest BCUT2D eigenvalue weighted by Gasteiger charge is -2.03. The first kappa shape index (κ1) is 10.3. The predicted molar refractivity (Wildman–Crippen MR) is 56.3 cm³/mol. The molecule has 1 heterocycles. The minimum absolute atomic E-state index is 0.0608. The Hall–Kier alpha value is -1.26. The molecule has 15 heavy (non-hydrogen) atoms. The molecule has 1 aromatic heterocycles. The number of aromatic nitrogens is 1. The zero-order valence-corrected chi connectivity index (χ0v) is 8.81. The highest BCUT2D eigenvalue weighted by Crippen LogP contribution is 2.35. The molecular weight excluding hydrogens is 242 g/mol. The van der Waals surface area contributed by atoms with E-state index in [1.54, 1.807) is 0 Å². The number of rotatable bonds is 1. The van der Waals surface area contributed by atoms with Crippen molar-refractivity contribution in [2.24, 2.45) is 0 Å². The van der Waals surface area contributed by atoms with Gasteiger partial charge in [0.2, 0.25) is 5.88 Å². The molecular formula is C9H5Cl2FN2O. The number of hydrogen-bond donors (Lipinski definition) is 1. The number of nitrogen functional groups attached to an aromatic ring is 1. The van der Waals surface area contributed by atoms with E-state index in [0.717, 1.165) is 6.07 Å². The van der Waals surface area contributed by atoms with Crippen molar-refractivity contribution in [3.05, 3.63) is 34.2 Å². The Balaban J connectivity index is 2.68. The average Bonchev–Trinajstić information content (AvgIpc) is 2.58. The molecule has 0 aliphatic rings.